The third-order valence-electron chi connectivity index (χ3n) is 3.32. The molecule has 18 heavy (non-hydrogen) atoms. The lowest BCUT2D eigenvalue weighted by Gasteiger charge is -2.36. The highest BCUT2D eigenvalue weighted by molar-refractivity contribution is 6.31. The van der Waals surface area contributed by atoms with Gasteiger partial charge in [-0.05, 0) is 43.9 Å². The molecule has 1 saturated carbocycles. The Labute approximate surface area is 111 Å². The second-order valence-electron chi connectivity index (χ2n) is 4.80. The van der Waals surface area contributed by atoms with E-state index < -0.39 is 5.72 Å². The van der Waals surface area contributed by atoms with Crippen LogP contribution < -0.4 is 11.1 Å². The zero-order valence-electron chi connectivity index (χ0n) is 9.99. The smallest absolute Gasteiger partial charge is 0.135 e. The Balaban J connectivity index is 2.12. The fraction of sp³-hybridized carbons (Fsp3) is 0.462. The Bertz CT molecular complexity index is 476. The Morgan fingerprint density at radius 1 is 1.44 bits per heavy atom. The number of nitrogens with two attached hydrogens (primary N) is 1. The summed E-state index contributed by atoms with van der Waals surface area (Å²) in [6.07, 6.45) is 2.81. The van der Waals surface area contributed by atoms with E-state index in [9.17, 15) is 5.11 Å². The van der Waals surface area contributed by atoms with Gasteiger partial charge < -0.3 is 16.2 Å². The Morgan fingerprint density at radius 3 is 2.72 bits per heavy atom. The number of nitriles is 1. The summed E-state index contributed by atoms with van der Waals surface area (Å²) in [7, 11) is 0. The van der Waals surface area contributed by atoms with Crippen LogP contribution in [0.2, 0.25) is 5.02 Å². The predicted octanol–water partition coefficient (Wildman–Crippen LogP) is 2.21. The minimum absolute atomic E-state index is 0.173. The van der Waals surface area contributed by atoms with E-state index in [-0.39, 0.29) is 6.04 Å². The van der Waals surface area contributed by atoms with Crippen molar-refractivity contribution in [2.24, 2.45) is 5.73 Å². The maximum Gasteiger partial charge on any atom is 0.135 e. The maximum absolute atomic E-state index is 10.4. The molecule has 0 bridgehead atoms. The molecule has 4 N–H and O–H groups in total. The van der Waals surface area contributed by atoms with Crippen molar-refractivity contribution in [3.05, 3.63) is 28.8 Å². The van der Waals surface area contributed by atoms with E-state index in [1.165, 1.54) is 0 Å². The Morgan fingerprint density at radius 2 is 2.11 bits per heavy atom. The van der Waals surface area contributed by atoms with Crippen molar-refractivity contribution >= 4 is 17.3 Å². The number of hydrogen-bond donors (Lipinski definition) is 3. The molecule has 0 amide bonds. The van der Waals surface area contributed by atoms with Gasteiger partial charge in [-0.3, -0.25) is 0 Å². The van der Waals surface area contributed by atoms with Crippen LogP contribution in [0.25, 0.3) is 0 Å². The molecule has 1 fully saturated rings. The van der Waals surface area contributed by atoms with E-state index in [1.807, 2.05) is 6.07 Å². The highest BCUT2D eigenvalue weighted by atomic mass is 35.5. The van der Waals surface area contributed by atoms with Gasteiger partial charge in [0.2, 0.25) is 0 Å². The molecule has 0 spiro atoms. The molecule has 0 heterocycles. The van der Waals surface area contributed by atoms with E-state index in [0.29, 0.717) is 29.1 Å². The highest BCUT2D eigenvalue weighted by Gasteiger charge is 2.31. The topological polar surface area (TPSA) is 82.1 Å². The van der Waals surface area contributed by atoms with Crippen LogP contribution in [0.5, 0.6) is 0 Å². The number of halogens is 1. The summed E-state index contributed by atoms with van der Waals surface area (Å²) in [6, 6.07) is 7.25. The van der Waals surface area contributed by atoms with Gasteiger partial charge in [0.1, 0.15) is 11.8 Å². The molecule has 0 radical (unpaired) electrons. The molecule has 0 aromatic heterocycles. The van der Waals surface area contributed by atoms with Gasteiger partial charge in [-0.15, -0.1) is 0 Å². The normalized spacial score (nSPS) is 27.6. The molecular formula is C13H16ClN3O. The van der Waals surface area contributed by atoms with Gasteiger partial charge in [0.25, 0.3) is 0 Å². The lowest BCUT2D eigenvalue weighted by molar-refractivity contribution is 0.0269. The van der Waals surface area contributed by atoms with Crippen LogP contribution in [0.1, 0.15) is 31.2 Å². The van der Waals surface area contributed by atoms with Crippen molar-refractivity contribution < 1.29 is 5.11 Å². The summed E-state index contributed by atoms with van der Waals surface area (Å²) in [5.74, 6) is 0. The fourth-order valence-corrected chi connectivity index (χ4v) is 2.36. The number of anilines is 1. The molecular weight excluding hydrogens is 250 g/mol. The van der Waals surface area contributed by atoms with Crippen LogP contribution in [0.4, 0.5) is 5.69 Å². The van der Waals surface area contributed by atoms with E-state index in [4.69, 9.17) is 22.6 Å². The highest BCUT2D eigenvalue weighted by Crippen LogP contribution is 2.30. The molecule has 1 aliphatic carbocycles. The van der Waals surface area contributed by atoms with Crippen molar-refractivity contribution in [1.29, 1.82) is 5.26 Å². The molecule has 4 nitrogen and oxygen atoms in total. The van der Waals surface area contributed by atoms with E-state index in [1.54, 1.807) is 18.2 Å². The molecule has 0 unspecified atom stereocenters. The average molecular weight is 266 g/mol. The summed E-state index contributed by atoms with van der Waals surface area (Å²) in [5, 5.41) is 22.8. The molecule has 2 rings (SSSR count). The van der Waals surface area contributed by atoms with Crippen molar-refractivity contribution in [2.75, 3.05) is 5.32 Å². The van der Waals surface area contributed by atoms with Crippen LogP contribution in [0.15, 0.2) is 18.2 Å². The first kappa shape index (κ1) is 13.2. The van der Waals surface area contributed by atoms with Gasteiger partial charge in [-0.1, -0.05) is 11.6 Å². The van der Waals surface area contributed by atoms with Crippen molar-refractivity contribution in [3.8, 4) is 6.07 Å². The second kappa shape index (κ2) is 5.15. The first-order valence-corrected chi connectivity index (χ1v) is 6.36. The number of nitrogens with one attached hydrogen (secondary N) is 1. The van der Waals surface area contributed by atoms with Crippen LogP contribution in [0, 0.1) is 11.3 Å². The number of hydrogen-bond acceptors (Lipinski definition) is 4. The molecule has 96 valence electrons. The lowest BCUT2D eigenvalue weighted by Crippen LogP contribution is -2.44. The summed E-state index contributed by atoms with van der Waals surface area (Å²) in [4.78, 5) is 0. The SMILES string of the molecule is N#Cc1cc(NC2(O)CCC(N)CC2)ccc1Cl. The standard InChI is InChI=1S/C13H16ClN3O/c14-12-2-1-11(7-9(12)8-15)17-13(18)5-3-10(16)4-6-13/h1-2,7,10,17-18H,3-6,16H2. The summed E-state index contributed by atoms with van der Waals surface area (Å²) >= 11 is 5.86. The number of benzene rings is 1. The van der Waals surface area contributed by atoms with Crippen LogP contribution in [-0.2, 0) is 0 Å². The first-order chi connectivity index (χ1) is 8.52. The van der Waals surface area contributed by atoms with Crippen molar-refractivity contribution in [3.63, 3.8) is 0 Å². The van der Waals surface area contributed by atoms with Gasteiger partial charge in [-0.2, -0.15) is 5.26 Å². The largest absolute Gasteiger partial charge is 0.371 e. The monoisotopic (exact) mass is 265 g/mol. The molecule has 1 aromatic rings. The zero-order valence-corrected chi connectivity index (χ0v) is 10.7. The molecule has 1 aliphatic rings. The quantitative estimate of drug-likeness (QED) is 0.716. The van der Waals surface area contributed by atoms with Crippen molar-refractivity contribution in [1.82, 2.24) is 0 Å². The van der Waals surface area contributed by atoms with E-state index in [0.717, 1.165) is 12.8 Å². The molecule has 1 aromatic carbocycles. The van der Waals surface area contributed by atoms with Crippen LogP contribution in [-0.4, -0.2) is 16.9 Å². The predicted molar refractivity (Wildman–Crippen MR) is 71.2 cm³/mol. The third kappa shape index (κ3) is 2.94. The molecule has 5 heteroatoms. The first-order valence-electron chi connectivity index (χ1n) is 5.98. The number of rotatable bonds is 2. The third-order valence-corrected chi connectivity index (χ3v) is 3.65. The summed E-state index contributed by atoms with van der Waals surface area (Å²) < 4.78 is 0. The molecule has 0 aliphatic heterocycles. The summed E-state index contributed by atoms with van der Waals surface area (Å²) in [6.45, 7) is 0. The maximum atomic E-state index is 10.4. The minimum atomic E-state index is -0.934. The Kier molecular flexibility index (Phi) is 3.76. The van der Waals surface area contributed by atoms with Gasteiger partial charge in [0, 0.05) is 11.7 Å². The summed E-state index contributed by atoms with van der Waals surface area (Å²) in [5.41, 5.74) is 5.98. The number of nitrogens with zero attached hydrogens (tertiary/aromatic N) is 1. The lowest BCUT2D eigenvalue weighted by atomic mass is 9.88. The van der Waals surface area contributed by atoms with Gasteiger partial charge in [0.05, 0.1) is 10.6 Å². The van der Waals surface area contributed by atoms with Gasteiger partial charge >= 0.3 is 0 Å². The van der Waals surface area contributed by atoms with Gasteiger partial charge in [-0.25, -0.2) is 0 Å². The van der Waals surface area contributed by atoms with Crippen molar-refractivity contribution in [2.45, 2.75) is 37.5 Å². The Hall–Kier alpha value is -1.28. The molecule has 0 atom stereocenters. The van der Waals surface area contributed by atoms with Crippen LogP contribution in [0.3, 0.4) is 0 Å². The fourth-order valence-electron chi connectivity index (χ4n) is 2.20. The van der Waals surface area contributed by atoms with Gasteiger partial charge in [0.15, 0.2) is 0 Å². The molecule has 0 saturated heterocycles. The van der Waals surface area contributed by atoms with E-state index in [2.05, 4.69) is 5.32 Å². The number of aliphatic hydroxyl groups is 1. The minimum Gasteiger partial charge on any atom is -0.371 e. The zero-order chi connectivity index (χ0) is 13.2. The van der Waals surface area contributed by atoms with Crippen LogP contribution >= 0.6 is 11.6 Å². The average Bonchev–Trinajstić information content (AvgIpc) is 2.36. The second-order valence-corrected chi connectivity index (χ2v) is 5.21. The van der Waals surface area contributed by atoms with E-state index >= 15 is 0 Å².